The molecule has 1 aliphatic rings. The molecule has 3 rings (SSSR count). The standard InChI is InChI=1S/C21H30N4O/c1-17-5-4-11-25(13-17)21(2,3)15-23-20(26)19-8-6-18(7-9-19)14-24-12-10-22-16-24/h6-10,12,16-17H,4-5,11,13-15H2,1-3H3,(H,23,26). The van der Waals surface area contributed by atoms with E-state index in [9.17, 15) is 4.79 Å². The summed E-state index contributed by atoms with van der Waals surface area (Å²) in [4.78, 5) is 19.1. The fourth-order valence-electron chi connectivity index (χ4n) is 3.60. The van der Waals surface area contributed by atoms with E-state index in [2.05, 4.69) is 36.0 Å². The molecule has 26 heavy (non-hydrogen) atoms. The number of likely N-dealkylation sites (tertiary alicyclic amines) is 1. The maximum absolute atomic E-state index is 12.5. The van der Waals surface area contributed by atoms with E-state index in [1.54, 1.807) is 12.5 Å². The van der Waals surface area contributed by atoms with E-state index in [0.29, 0.717) is 12.1 Å². The predicted molar refractivity (Wildman–Crippen MR) is 104 cm³/mol. The van der Waals surface area contributed by atoms with Gasteiger partial charge in [0.15, 0.2) is 0 Å². The second kappa shape index (κ2) is 8.04. The van der Waals surface area contributed by atoms with Crippen LogP contribution in [0, 0.1) is 5.92 Å². The summed E-state index contributed by atoms with van der Waals surface area (Å²) >= 11 is 0. The maximum Gasteiger partial charge on any atom is 0.251 e. The Morgan fingerprint density at radius 1 is 1.31 bits per heavy atom. The summed E-state index contributed by atoms with van der Waals surface area (Å²) in [6.07, 6.45) is 8.06. The molecular weight excluding hydrogens is 324 g/mol. The van der Waals surface area contributed by atoms with E-state index in [0.717, 1.165) is 31.1 Å². The lowest BCUT2D eigenvalue weighted by Crippen LogP contribution is -2.54. The van der Waals surface area contributed by atoms with Crippen LogP contribution in [-0.4, -0.2) is 45.5 Å². The highest BCUT2D eigenvalue weighted by atomic mass is 16.1. The largest absolute Gasteiger partial charge is 0.350 e. The van der Waals surface area contributed by atoms with Crippen LogP contribution in [0.5, 0.6) is 0 Å². The zero-order chi connectivity index (χ0) is 18.6. The molecule has 2 aromatic rings. The third-order valence-electron chi connectivity index (χ3n) is 5.34. The lowest BCUT2D eigenvalue weighted by molar-refractivity contribution is 0.0657. The number of benzene rings is 1. The lowest BCUT2D eigenvalue weighted by Gasteiger charge is -2.43. The third-order valence-corrected chi connectivity index (χ3v) is 5.34. The summed E-state index contributed by atoms with van der Waals surface area (Å²) in [6, 6.07) is 7.81. The number of imidazole rings is 1. The second-order valence-corrected chi connectivity index (χ2v) is 8.12. The molecule has 1 N–H and O–H groups in total. The molecule has 0 radical (unpaired) electrons. The molecule has 1 amide bonds. The number of nitrogens with zero attached hydrogens (tertiary/aromatic N) is 3. The van der Waals surface area contributed by atoms with Gasteiger partial charge < -0.3 is 9.88 Å². The van der Waals surface area contributed by atoms with Crippen molar-refractivity contribution < 1.29 is 4.79 Å². The number of hydrogen-bond acceptors (Lipinski definition) is 3. The fraction of sp³-hybridized carbons (Fsp3) is 0.524. The number of aromatic nitrogens is 2. The van der Waals surface area contributed by atoms with Crippen molar-refractivity contribution in [2.75, 3.05) is 19.6 Å². The van der Waals surface area contributed by atoms with Crippen molar-refractivity contribution in [1.82, 2.24) is 19.8 Å². The molecule has 2 heterocycles. The second-order valence-electron chi connectivity index (χ2n) is 8.12. The van der Waals surface area contributed by atoms with E-state index >= 15 is 0 Å². The molecule has 0 saturated carbocycles. The van der Waals surface area contributed by atoms with Gasteiger partial charge in [0, 0.05) is 43.1 Å². The molecule has 1 aromatic carbocycles. The van der Waals surface area contributed by atoms with Crippen LogP contribution in [0.25, 0.3) is 0 Å². The molecule has 140 valence electrons. The van der Waals surface area contributed by atoms with E-state index in [-0.39, 0.29) is 11.4 Å². The fourth-order valence-corrected chi connectivity index (χ4v) is 3.60. The van der Waals surface area contributed by atoms with Crippen LogP contribution in [0.1, 0.15) is 49.5 Å². The number of amides is 1. The van der Waals surface area contributed by atoms with Gasteiger partial charge in [-0.3, -0.25) is 9.69 Å². The number of nitrogens with one attached hydrogen (secondary N) is 1. The van der Waals surface area contributed by atoms with Gasteiger partial charge in [0.05, 0.1) is 6.33 Å². The van der Waals surface area contributed by atoms with Crippen molar-refractivity contribution in [3.63, 3.8) is 0 Å². The van der Waals surface area contributed by atoms with E-state index < -0.39 is 0 Å². The average Bonchev–Trinajstić information content (AvgIpc) is 3.13. The maximum atomic E-state index is 12.5. The van der Waals surface area contributed by atoms with Gasteiger partial charge in [-0.1, -0.05) is 19.1 Å². The number of rotatable bonds is 6. The Labute approximate surface area is 156 Å². The van der Waals surface area contributed by atoms with Crippen molar-refractivity contribution in [3.05, 3.63) is 54.1 Å². The molecule has 1 unspecified atom stereocenters. The summed E-state index contributed by atoms with van der Waals surface area (Å²) < 4.78 is 2.01. The molecule has 5 nitrogen and oxygen atoms in total. The first kappa shape index (κ1) is 18.6. The quantitative estimate of drug-likeness (QED) is 0.867. The molecule has 1 saturated heterocycles. The highest BCUT2D eigenvalue weighted by Gasteiger charge is 2.30. The van der Waals surface area contributed by atoms with Gasteiger partial charge in [-0.15, -0.1) is 0 Å². The van der Waals surface area contributed by atoms with Crippen molar-refractivity contribution in [2.45, 2.75) is 45.7 Å². The zero-order valence-corrected chi connectivity index (χ0v) is 16.1. The zero-order valence-electron chi connectivity index (χ0n) is 16.1. The smallest absolute Gasteiger partial charge is 0.251 e. The predicted octanol–water partition coefficient (Wildman–Crippen LogP) is 3.17. The summed E-state index contributed by atoms with van der Waals surface area (Å²) in [7, 11) is 0. The molecule has 0 spiro atoms. The first-order valence-corrected chi connectivity index (χ1v) is 9.52. The van der Waals surface area contributed by atoms with E-state index in [4.69, 9.17) is 0 Å². The highest BCUT2D eigenvalue weighted by Crippen LogP contribution is 2.23. The van der Waals surface area contributed by atoms with Crippen LogP contribution >= 0.6 is 0 Å². The summed E-state index contributed by atoms with van der Waals surface area (Å²) in [5, 5.41) is 3.12. The SMILES string of the molecule is CC1CCCN(C(C)(C)CNC(=O)c2ccc(Cn3ccnc3)cc2)C1. The Kier molecular flexibility index (Phi) is 5.77. The first-order chi connectivity index (χ1) is 12.4. The molecule has 1 aromatic heterocycles. The molecule has 1 atom stereocenters. The van der Waals surface area contributed by atoms with Gasteiger partial charge in [-0.05, 0) is 56.8 Å². The highest BCUT2D eigenvalue weighted by molar-refractivity contribution is 5.94. The molecule has 1 aliphatic heterocycles. The number of hydrogen-bond donors (Lipinski definition) is 1. The average molecular weight is 354 g/mol. The molecule has 0 bridgehead atoms. The number of piperidine rings is 1. The van der Waals surface area contributed by atoms with Gasteiger partial charge >= 0.3 is 0 Å². The Bertz CT molecular complexity index is 706. The van der Waals surface area contributed by atoms with Crippen LogP contribution in [0.3, 0.4) is 0 Å². The summed E-state index contributed by atoms with van der Waals surface area (Å²) in [5.74, 6) is 0.735. The van der Waals surface area contributed by atoms with Crippen LogP contribution in [0.15, 0.2) is 43.0 Å². The molecule has 1 fully saturated rings. The molecule has 5 heteroatoms. The number of carbonyl (C=O) groups is 1. The minimum Gasteiger partial charge on any atom is -0.350 e. The Hall–Kier alpha value is -2.14. The molecular formula is C21H30N4O. The van der Waals surface area contributed by atoms with Gasteiger partial charge in [0.1, 0.15) is 0 Å². The Morgan fingerprint density at radius 3 is 2.73 bits per heavy atom. The third kappa shape index (κ3) is 4.73. The summed E-state index contributed by atoms with van der Waals surface area (Å²) in [5.41, 5.74) is 1.84. The monoisotopic (exact) mass is 354 g/mol. The topological polar surface area (TPSA) is 50.2 Å². The van der Waals surface area contributed by atoms with Gasteiger partial charge in [0.2, 0.25) is 0 Å². The molecule has 0 aliphatic carbocycles. The summed E-state index contributed by atoms with van der Waals surface area (Å²) in [6.45, 7) is 10.4. The Morgan fingerprint density at radius 2 is 2.08 bits per heavy atom. The van der Waals surface area contributed by atoms with Crippen LogP contribution < -0.4 is 5.32 Å². The van der Waals surface area contributed by atoms with Crippen molar-refractivity contribution >= 4 is 5.91 Å². The van der Waals surface area contributed by atoms with Crippen LogP contribution in [0.2, 0.25) is 0 Å². The first-order valence-electron chi connectivity index (χ1n) is 9.52. The minimum absolute atomic E-state index is 0.00249. The minimum atomic E-state index is -0.0221. The van der Waals surface area contributed by atoms with Crippen molar-refractivity contribution in [2.24, 2.45) is 5.92 Å². The van der Waals surface area contributed by atoms with Gasteiger partial charge in [-0.25, -0.2) is 4.98 Å². The van der Waals surface area contributed by atoms with Gasteiger partial charge in [-0.2, -0.15) is 0 Å². The Balaban J connectivity index is 1.54. The van der Waals surface area contributed by atoms with Gasteiger partial charge in [0.25, 0.3) is 5.91 Å². The van der Waals surface area contributed by atoms with E-state index in [1.807, 2.05) is 35.0 Å². The van der Waals surface area contributed by atoms with Crippen molar-refractivity contribution in [1.29, 1.82) is 0 Å². The van der Waals surface area contributed by atoms with E-state index in [1.165, 1.54) is 12.8 Å². The lowest BCUT2D eigenvalue weighted by atomic mass is 9.93. The number of carbonyl (C=O) groups excluding carboxylic acids is 1. The van der Waals surface area contributed by atoms with Crippen LogP contribution in [-0.2, 0) is 6.54 Å². The normalized spacial score (nSPS) is 18.7. The van der Waals surface area contributed by atoms with Crippen molar-refractivity contribution in [3.8, 4) is 0 Å². The van der Waals surface area contributed by atoms with Crippen LogP contribution in [0.4, 0.5) is 0 Å².